The topological polar surface area (TPSA) is 200 Å². The molecule has 1 saturated heterocycles. The van der Waals surface area contributed by atoms with E-state index in [4.69, 9.17) is 5.73 Å². The van der Waals surface area contributed by atoms with Gasteiger partial charge in [-0.1, -0.05) is 58.8 Å². The highest BCUT2D eigenvalue weighted by Crippen LogP contribution is 2.46. The number of nitrogens with two attached hydrogens (primary N) is 1. The first-order chi connectivity index (χ1) is 21.8. The predicted octanol–water partition coefficient (Wildman–Crippen LogP) is 2.29. The molecule has 0 spiro atoms. The molecule has 1 fully saturated rings. The van der Waals surface area contributed by atoms with Gasteiger partial charge in [0, 0.05) is 17.1 Å². The predicted molar refractivity (Wildman–Crippen MR) is 184 cm³/mol. The van der Waals surface area contributed by atoms with E-state index in [0.717, 1.165) is 33.0 Å². The number of carbonyl (C=O) groups excluding carboxylic acids is 4. The standard InChI is InChI=1S/C33H45N5O7S2/c1-17-13-21(39)14-18(2)24(17)19(3)25(34)29(42)37-26-30(43)35-16-23(40)36-22(15-20-11-9-8-10-12-20)28(41)38-27(31(44)45)33(6,7)47-46-32(26,4)5/h8-14,19,22,25-27,39H,15-16,34H2,1-7H3,(H,35,43)(H,36,40)(H,37,42)(H,38,41)(H,44,45)/t19-,22+,25+,26?,27-/m1/s1. The number of phenols is 1. The summed E-state index contributed by atoms with van der Waals surface area (Å²) in [6, 6.07) is 7.36. The third kappa shape index (κ3) is 9.64. The molecule has 0 aliphatic carbocycles. The number of aromatic hydroxyl groups is 1. The SMILES string of the molecule is Cc1cc(O)cc(C)c1[C@@H](C)[C@H](N)C(=O)NC1C(=O)NCC(=O)N[C@@H](Cc2ccccc2)C(=O)N[C@H](C(=O)O)C(C)(C)SSC1(C)C. The molecule has 2 aromatic rings. The number of hydrogen-bond acceptors (Lipinski definition) is 9. The highest BCUT2D eigenvalue weighted by atomic mass is 33.1. The lowest BCUT2D eigenvalue weighted by atomic mass is 9.86. The summed E-state index contributed by atoms with van der Waals surface area (Å²) in [5.41, 5.74) is 9.52. The molecule has 1 aliphatic heterocycles. The lowest BCUT2D eigenvalue weighted by Gasteiger charge is -2.38. The lowest BCUT2D eigenvalue weighted by Crippen LogP contribution is -2.62. The number of benzene rings is 2. The zero-order valence-electron chi connectivity index (χ0n) is 27.7. The van der Waals surface area contributed by atoms with E-state index in [1.54, 1.807) is 71.0 Å². The maximum atomic E-state index is 13.7. The van der Waals surface area contributed by atoms with Crippen LogP contribution in [0.3, 0.4) is 0 Å². The second-order valence-corrected chi connectivity index (χ2v) is 16.4. The van der Waals surface area contributed by atoms with Crippen LogP contribution in [0.2, 0.25) is 0 Å². The van der Waals surface area contributed by atoms with Gasteiger partial charge in [0.1, 0.15) is 23.9 Å². The molecule has 0 saturated carbocycles. The maximum Gasteiger partial charge on any atom is 0.327 e. The number of carbonyl (C=O) groups is 5. The van der Waals surface area contributed by atoms with E-state index in [9.17, 15) is 34.2 Å². The van der Waals surface area contributed by atoms with Crippen molar-refractivity contribution in [1.82, 2.24) is 21.3 Å². The zero-order chi connectivity index (χ0) is 35.3. The van der Waals surface area contributed by atoms with Crippen LogP contribution in [0.25, 0.3) is 0 Å². The number of phenolic OH excluding ortho intramolecular Hbond substituents is 1. The molecule has 256 valence electrons. The lowest BCUT2D eigenvalue weighted by molar-refractivity contribution is -0.143. The van der Waals surface area contributed by atoms with E-state index in [1.807, 2.05) is 19.9 Å². The highest BCUT2D eigenvalue weighted by molar-refractivity contribution is 8.77. The minimum Gasteiger partial charge on any atom is -0.508 e. The minimum absolute atomic E-state index is 0.0861. The largest absolute Gasteiger partial charge is 0.508 e. The van der Waals surface area contributed by atoms with Gasteiger partial charge >= 0.3 is 5.97 Å². The molecular formula is C33H45N5O7S2. The fourth-order valence-electron chi connectivity index (χ4n) is 5.53. The van der Waals surface area contributed by atoms with Crippen LogP contribution in [0.4, 0.5) is 0 Å². The van der Waals surface area contributed by atoms with E-state index in [2.05, 4.69) is 21.3 Å². The Bertz CT molecular complexity index is 1480. The molecule has 0 aromatic heterocycles. The van der Waals surface area contributed by atoms with Crippen LogP contribution in [0.1, 0.15) is 62.8 Å². The third-order valence-electron chi connectivity index (χ3n) is 8.18. The van der Waals surface area contributed by atoms with E-state index in [1.165, 1.54) is 10.8 Å². The number of aryl methyl sites for hydroxylation is 2. The van der Waals surface area contributed by atoms with Crippen molar-refractivity contribution in [2.75, 3.05) is 6.54 Å². The van der Waals surface area contributed by atoms with Gasteiger partial charge in [-0.15, -0.1) is 0 Å². The van der Waals surface area contributed by atoms with Crippen LogP contribution in [0.5, 0.6) is 5.75 Å². The van der Waals surface area contributed by atoms with Gasteiger partial charge in [-0.25, -0.2) is 4.79 Å². The highest BCUT2D eigenvalue weighted by Gasteiger charge is 2.44. The van der Waals surface area contributed by atoms with Gasteiger partial charge in [0.25, 0.3) is 0 Å². The van der Waals surface area contributed by atoms with Crippen LogP contribution in [0.15, 0.2) is 42.5 Å². The molecular weight excluding hydrogens is 643 g/mol. The Labute approximate surface area is 283 Å². The molecule has 0 radical (unpaired) electrons. The van der Waals surface area contributed by atoms with Crippen LogP contribution in [-0.4, -0.2) is 80.0 Å². The van der Waals surface area contributed by atoms with Gasteiger partial charge in [-0.3, -0.25) is 19.2 Å². The van der Waals surface area contributed by atoms with Crippen LogP contribution in [-0.2, 0) is 30.4 Å². The first kappa shape index (κ1) is 37.7. The van der Waals surface area contributed by atoms with Crippen molar-refractivity contribution in [2.45, 2.75) is 94.5 Å². The molecule has 0 bridgehead atoms. The van der Waals surface area contributed by atoms with Gasteiger partial charge in [0.2, 0.25) is 23.6 Å². The molecule has 4 amide bonds. The van der Waals surface area contributed by atoms with E-state index < -0.39 is 75.7 Å². The average molecular weight is 688 g/mol. The second kappa shape index (κ2) is 15.4. The summed E-state index contributed by atoms with van der Waals surface area (Å²) in [4.78, 5) is 66.3. The Morgan fingerprint density at radius 3 is 2.13 bits per heavy atom. The molecule has 2 aromatic carbocycles. The number of nitrogens with one attached hydrogen (secondary N) is 4. The molecule has 5 atom stereocenters. The van der Waals surface area contributed by atoms with Crippen molar-refractivity contribution in [2.24, 2.45) is 5.73 Å². The Balaban J connectivity index is 1.93. The second-order valence-electron chi connectivity index (χ2n) is 12.9. The van der Waals surface area contributed by atoms with Crippen LogP contribution in [0, 0.1) is 13.8 Å². The zero-order valence-corrected chi connectivity index (χ0v) is 29.3. The summed E-state index contributed by atoms with van der Waals surface area (Å²) in [5.74, 6) is -4.26. The monoisotopic (exact) mass is 687 g/mol. The van der Waals surface area contributed by atoms with Crippen molar-refractivity contribution in [3.05, 3.63) is 64.7 Å². The van der Waals surface area contributed by atoms with Crippen molar-refractivity contribution < 1.29 is 34.2 Å². The Morgan fingerprint density at radius 2 is 1.55 bits per heavy atom. The number of aliphatic carboxylic acids is 1. The minimum atomic E-state index is -1.37. The first-order valence-corrected chi connectivity index (χ1v) is 17.4. The van der Waals surface area contributed by atoms with Crippen LogP contribution >= 0.6 is 21.6 Å². The van der Waals surface area contributed by atoms with E-state index in [0.29, 0.717) is 0 Å². The van der Waals surface area contributed by atoms with Gasteiger partial charge < -0.3 is 37.2 Å². The third-order valence-corrected chi connectivity index (χ3v) is 12.4. The first-order valence-electron chi connectivity index (χ1n) is 15.2. The summed E-state index contributed by atoms with van der Waals surface area (Å²) >= 11 is 0. The van der Waals surface area contributed by atoms with Crippen molar-refractivity contribution in [3.8, 4) is 5.75 Å². The molecule has 1 aliphatic rings. The fourth-order valence-corrected chi connectivity index (χ4v) is 8.34. The molecule has 47 heavy (non-hydrogen) atoms. The van der Waals surface area contributed by atoms with Crippen molar-refractivity contribution >= 4 is 51.2 Å². The molecule has 14 heteroatoms. The molecule has 3 rings (SSSR count). The van der Waals surface area contributed by atoms with E-state index >= 15 is 0 Å². The molecule has 12 nitrogen and oxygen atoms in total. The van der Waals surface area contributed by atoms with Gasteiger partial charge in [-0.2, -0.15) is 0 Å². The summed E-state index contributed by atoms with van der Waals surface area (Å²) in [7, 11) is 2.33. The average Bonchev–Trinajstić information content (AvgIpc) is 2.98. The Kier molecular flexibility index (Phi) is 12.4. The molecule has 1 unspecified atom stereocenters. The number of hydrogen-bond donors (Lipinski definition) is 7. The van der Waals surface area contributed by atoms with Crippen LogP contribution < -0.4 is 27.0 Å². The Morgan fingerprint density at radius 1 is 0.979 bits per heavy atom. The van der Waals surface area contributed by atoms with Crippen molar-refractivity contribution in [1.29, 1.82) is 0 Å². The van der Waals surface area contributed by atoms with Crippen molar-refractivity contribution in [3.63, 3.8) is 0 Å². The summed E-state index contributed by atoms with van der Waals surface area (Å²) in [6.07, 6.45) is 0.0861. The smallest absolute Gasteiger partial charge is 0.327 e. The Hall–Kier alpha value is -3.75. The van der Waals surface area contributed by atoms with E-state index in [-0.39, 0.29) is 12.2 Å². The maximum absolute atomic E-state index is 13.7. The summed E-state index contributed by atoms with van der Waals surface area (Å²) in [5, 5.41) is 30.7. The number of carboxylic acid groups (broad SMARTS) is 1. The number of amides is 4. The number of carboxylic acids is 1. The quantitative estimate of drug-likeness (QED) is 0.212. The fraction of sp³-hybridized carbons (Fsp3) is 0.485. The number of rotatable bonds is 7. The summed E-state index contributed by atoms with van der Waals surface area (Å²) in [6.45, 7) is 11.7. The summed E-state index contributed by atoms with van der Waals surface area (Å²) < 4.78 is -2.17. The molecule has 8 N–H and O–H groups in total. The van der Waals surface area contributed by atoms with Gasteiger partial charge in [0.05, 0.1) is 17.3 Å². The molecule has 1 heterocycles. The van der Waals surface area contributed by atoms with Gasteiger partial charge in [0.15, 0.2) is 0 Å². The normalized spacial score (nSPS) is 23.2. The van der Waals surface area contributed by atoms with Gasteiger partial charge in [-0.05, 0) is 75.9 Å².